The lowest BCUT2D eigenvalue weighted by atomic mass is 10.2. The van der Waals surface area contributed by atoms with E-state index in [-0.39, 0.29) is 6.10 Å². The molecule has 120 valence electrons. The number of thioether (sulfide) groups is 1. The molecule has 2 aromatic rings. The van der Waals surface area contributed by atoms with Crippen LogP contribution < -0.4 is 5.32 Å². The standard InChI is InChI=1S/C13H21N7OS/c1-14-6-11-17-18-13(20(11)7-10-4-3-5-21-10)22-8-12-16-15-9-19(12)2/h9-10,14H,3-8H2,1-2H3/t10-/m0/s1. The Morgan fingerprint density at radius 2 is 2.27 bits per heavy atom. The van der Waals surface area contributed by atoms with Gasteiger partial charge in [0.15, 0.2) is 5.16 Å². The molecule has 1 atom stereocenters. The number of hydrogen-bond acceptors (Lipinski definition) is 7. The van der Waals surface area contributed by atoms with Gasteiger partial charge in [0.05, 0.1) is 24.9 Å². The fourth-order valence-corrected chi connectivity index (χ4v) is 3.41. The molecule has 1 aliphatic heterocycles. The van der Waals surface area contributed by atoms with Crippen LogP contribution in [0.2, 0.25) is 0 Å². The predicted octanol–water partition coefficient (Wildman–Crippen LogP) is 0.597. The molecule has 0 unspecified atom stereocenters. The van der Waals surface area contributed by atoms with E-state index >= 15 is 0 Å². The van der Waals surface area contributed by atoms with Gasteiger partial charge in [-0.1, -0.05) is 11.8 Å². The number of aryl methyl sites for hydroxylation is 1. The summed E-state index contributed by atoms with van der Waals surface area (Å²) < 4.78 is 9.83. The van der Waals surface area contributed by atoms with Gasteiger partial charge in [-0.05, 0) is 19.9 Å². The van der Waals surface area contributed by atoms with E-state index in [9.17, 15) is 0 Å². The second-order valence-electron chi connectivity index (χ2n) is 5.32. The molecule has 3 heterocycles. The van der Waals surface area contributed by atoms with E-state index < -0.39 is 0 Å². The summed E-state index contributed by atoms with van der Waals surface area (Å²) in [6, 6.07) is 0. The largest absolute Gasteiger partial charge is 0.376 e. The van der Waals surface area contributed by atoms with E-state index in [0.717, 1.165) is 48.6 Å². The van der Waals surface area contributed by atoms with Gasteiger partial charge in [-0.25, -0.2) is 0 Å². The van der Waals surface area contributed by atoms with Crippen molar-refractivity contribution in [1.29, 1.82) is 0 Å². The van der Waals surface area contributed by atoms with Crippen LogP contribution in [0.3, 0.4) is 0 Å². The molecule has 2 aromatic heterocycles. The molecule has 9 heteroatoms. The molecule has 1 aliphatic rings. The molecule has 0 spiro atoms. The Labute approximate surface area is 133 Å². The third kappa shape index (κ3) is 3.47. The molecule has 0 bridgehead atoms. The summed E-state index contributed by atoms with van der Waals surface area (Å²) in [7, 11) is 3.86. The van der Waals surface area contributed by atoms with Gasteiger partial charge < -0.3 is 19.2 Å². The van der Waals surface area contributed by atoms with Crippen molar-refractivity contribution in [2.45, 2.75) is 42.9 Å². The fourth-order valence-electron chi connectivity index (χ4n) is 2.46. The average molecular weight is 323 g/mol. The molecule has 0 aromatic carbocycles. The van der Waals surface area contributed by atoms with Gasteiger partial charge in [0.25, 0.3) is 0 Å². The normalized spacial score (nSPS) is 18.2. The fraction of sp³-hybridized carbons (Fsp3) is 0.692. The number of nitrogens with zero attached hydrogens (tertiary/aromatic N) is 6. The average Bonchev–Trinajstić information content (AvgIpc) is 3.22. The third-order valence-electron chi connectivity index (χ3n) is 3.67. The Morgan fingerprint density at radius 1 is 1.36 bits per heavy atom. The van der Waals surface area contributed by atoms with E-state index in [1.165, 1.54) is 0 Å². The maximum absolute atomic E-state index is 5.75. The highest BCUT2D eigenvalue weighted by molar-refractivity contribution is 7.98. The Bertz CT molecular complexity index is 605. The van der Waals surface area contributed by atoms with Crippen LogP contribution in [0.15, 0.2) is 11.5 Å². The van der Waals surface area contributed by atoms with Crippen LogP contribution in [0.1, 0.15) is 24.5 Å². The Hall–Kier alpha value is -1.45. The summed E-state index contributed by atoms with van der Waals surface area (Å²) in [5.74, 6) is 2.59. The molecule has 0 amide bonds. The first-order valence-corrected chi connectivity index (χ1v) is 8.40. The highest BCUT2D eigenvalue weighted by atomic mass is 32.2. The Balaban J connectivity index is 1.72. The van der Waals surface area contributed by atoms with E-state index in [0.29, 0.717) is 6.54 Å². The van der Waals surface area contributed by atoms with Crippen LogP contribution in [-0.2, 0) is 30.6 Å². The molecule has 0 saturated carbocycles. The molecular formula is C13H21N7OS. The van der Waals surface area contributed by atoms with Crippen molar-refractivity contribution in [2.75, 3.05) is 13.7 Å². The van der Waals surface area contributed by atoms with Gasteiger partial charge in [-0.2, -0.15) is 0 Å². The lowest BCUT2D eigenvalue weighted by Crippen LogP contribution is -2.20. The molecule has 1 saturated heterocycles. The minimum Gasteiger partial charge on any atom is -0.376 e. The van der Waals surface area contributed by atoms with Crippen molar-refractivity contribution in [3.63, 3.8) is 0 Å². The van der Waals surface area contributed by atoms with Crippen LogP contribution in [0.5, 0.6) is 0 Å². The highest BCUT2D eigenvalue weighted by Crippen LogP contribution is 2.23. The SMILES string of the molecule is CNCc1nnc(SCc2nncn2C)n1C[C@@H]1CCCO1. The van der Waals surface area contributed by atoms with Gasteiger partial charge in [0, 0.05) is 13.7 Å². The van der Waals surface area contributed by atoms with Gasteiger partial charge in [-0.3, -0.25) is 0 Å². The van der Waals surface area contributed by atoms with Crippen LogP contribution in [-0.4, -0.2) is 49.3 Å². The van der Waals surface area contributed by atoms with Gasteiger partial charge in [-0.15, -0.1) is 20.4 Å². The number of ether oxygens (including phenoxy) is 1. The molecular weight excluding hydrogens is 302 g/mol. The number of hydrogen-bond donors (Lipinski definition) is 1. The van der Waals surface area contributed by atoms with E-state index in [4.69, 9.17) is 4.74 Å². The van der Waals surface area contributed by atoms with Crippen molar-refractivity contribution >= 4 is 11.8 Å². The molecule has 8 nitrogen and oxygen atoms in total. The molecule has 1 N–H and O–H groups in total. The summed E-state index contributed by atoms with van der Waals surface area (Å²) in [5, 5.41) is 20.7. The van der Waals surface area contributed by atoms with Crippen molar-refractivity contribution in [3.05, 3.63) is 18.0 Å². The maximum Gasteiger partial charge on any atom is 0.191 e. The van der Waals surface area contributed by atoms with Gasteiger partial charge >= 0.3 is 0 Å². The number of aromatic nitrogens is 6. The van der Waals surface area contributed by atoms with Crippen molar-refractivity contribution in [1.82, 2.24) is 34.8 Å². The number of rotatable bonds is 7. The van der Waals surface area contributed by atoms with Crippen LogP contribution in [0.4, 0.5) is 0 Å². The van der Waals surface area contributed by atoms with Gasteiger partial charge in [0.1, 0.15) is 18.0 Å². The van der Waals surface area contributed by atoms with Crippen LogP contribution >= 0.6 is 11.8 Å². The Kier molecular flexibility index (Phi) is 5.06. The molecule has 22 heavy (non-hydrogen) atoms. The van der Waals surface area contributed by atoms with Crippen molar-refractivity contribution in [2.24, 2.45) is 7.05 Å². The zero-order valence-corrected chi connectivity index (χ0v) is 13.7. The topological polar surface area (TPSA) is 82.7 Å². The second-order valence-corrected chi connectivity index (χ2v) is 6.26. The minimum absolute atomic E-state index is 0.265. The lowest BCUT2D eigenvalue weighted by molar-refractivity contribution is 0.0941. The molecule has 0 radical (unpaired) electrons. The van der Waals surface area contributed by atoms with E-state index in [1.807, 2.05) is 18.7 Å². The zero-order chi connectivity index (χ0) is 15.4. The van der Waals surface area contributed by atoms with Crippen molar-refractivity contribution < 1.29 is 4.74 Å². The van der Waals surface area contributed by atoms with E-state index in [2.05, 4.69) is 30.3 Å². The summed E-state index contributed by atoms with van der Waals surface area (Å²) in [5.41, 5.74) is 0. The first-order chi connectivity index (χ1) is 10.8. The first-order valence-electron chi connectivity index (χ1n) is 7.42. The number of nitrogens with one attached hydrogen (secondary N) is 1. The zero-order valence-electron chi connectivity index (χ0n) is 12.9. The highest BCUT2D eigenvalue weighted by Gasteiger charge is 2.21. The monoisotopic (exact) mass is 323 g/mol. The van der Waals surface area contributed by atoms with Crippen LogP contribution in [0, 0.1) is 0 Å². The third-order valence-corrected chi connectivity index (χ3v) is 4.64. The molecule has 0 aliphatic carbocycles. The van der Waals surface area contributed by atoms with Crippen molar-refractivity contribution in [3.8, 4) is 0 Å². The minimum atomic E-state index is 0.265. The lowest BCUT2D eigenvalue weighted by Gasteiger charge is -2.14. The smallest absolute Gasteiger partial charge is 0.191 e. The first kappa shape index (κ1) is 15.4. The summed E-state index contributed by atoms with van der Waals surface area (Å²) in [6.07, 6.45) is 4.21. The summed E-state index contributed by atoms with van der Waals surface area (Å²) in [6.45, 7) is 2.37. The molecule has 3 rings (SSSR count). The Morgan fingerprint density at radius 3 is 2.95 bits per heavy atom. The predicted molar refractivity (Wildman–Crippen MR) is 82.3 cm³/mol. The quantitative estimate of drug-likeness (QED) is 0.747. The van der Waals surface area contributed by atoms with E-state index in [1.54, 1.807) is 18.1 Å². The maximum atomic E-state index is 5.75. The second kappa shape index (κ2) is 7.21. The summed E-state index contributed by atoms with van der Waals surface area (Å²) in [4.78, 5) is 0. The van der Waals surface area contributed by atoms with Gasteiger partial charge in [0.2, 0.25) is 0 Å². The van der Waals surface area contributed by atoms with Crippen LogP contribution in [0.25, 0.3) is 0 Å². The molecule has 1 fully saturated rings. The summed E-state index contributed by atoms with van der Waals surface area (Å²) >= 11 is 1.63.